The molecule has 1 aromatic heterocycles. The lowest BCUT2D eigenvalue weighted by atomic mass is 10.2. The van der Waals surface area contributed by atoms with E-state index in [9.17, 15) is 4.79 Å². The van der Waals surface area contributed by atoms with Crippen LogP contribution in [-0.2, 0) is 16.1 Å². The summed E-state index contributed by atoms with van der Waals surface area (Å²) in [5.41, 5.74) is 2.11. The Balaban J connectivity index is 1.52. The highest BCUT2D eigenvalue weighted by atomic mass is 32.1. The summed E-state index contributed by atoms with van der Waals surface area (Å²) in [5, 5.41) is 5.44. The van der Waals surface area contributed by atoms with Gasteiger partial charge in [0.2, 0.25) is 0 Å². The predicted octanol–water partition coefficient (Wildman–Crippen LogP) is 3.47. The number of anilines is 1. The van der Waals surface area contributed by atoms with E-state index in [2.05, 4.69) is 29.0 Å². The van der Waals surface area contributed by atoms with Gasteiger partial charge in [-0.15, -0.1) is 11.3 Å². The first-order chi connectivity index (χ1) is 12.9. The lowest BCUT2D eigenvalue weighted by Crippen LogP contribution is -2.44. The van der Waals surface area contributed by atoms with Gasteiger partial charge in [-0.2, -0.15) is 0 Å². The molecule has 6 nitrogen and oxygen atoms in total. The van der Waals surface area contributed by atoms with Crippen molar-refractivity contribution in [3.05, 3.63) is 40.9 Å². The average Bonchev–Trinajstić information content (AvgIpc) is 3.02. The standard InChI is InChI=1S/C20H27N3O3S/c1-13-5-7-18(8-6-13)26-16(4)19(24)22-20-21-17(12-27-20)11-23-9-14(2)25-15(3)10-23/h5-8,12,14-16H,9-11H2,1-4H3,(H,21,22,24). The van der Waals surface area contributed by atoms with Gasteiger partial charge in [0.05, 0.1) is 17.9 Å². The molecule has 1 aromatic carbocycles. The van der Waals surface area contributed by atoms with Gasteiger partial charge < -0.3 is 9.47 Å². The fraction of sp³-hybridized carbons (Fsp3) is 0.500. The number of amides is 1. The number of morpholine rings is 1. The molecule has 1 N–H and O–H groups in total. The van der Waals surface area contributed by atoms with Crippen molar-refractivity contribution in [2.24, 2.45) is 0 Å². The number of nitrogens with one attached hydrogen (secondary N) is 1. The molecule has 0 saturated carbocycles. The van der Waals surface area contributed by atoms with Crippen molar-refractivity contribution in [3.8, 4) is 5.75 Å². The summed E-state index contributed by atoms with van der Waals surface area (Å²) in [5.74, 6) is 0.476. The monoisotopic (exact) mass is 389 g/mol. The molecule has 3 unspecified atom stereocenters. The molecule has 146 valence electrons. The number of nitrogens with zero attached hydrogens (tertiary/aromatic N) is 2. The molecule has 0 radical (unpaired) electrons. The Morgan fingerprint density at radius 3 is 2.67 bits per heavy atom. The smallest absolute Gasteiger partial charge is 0.266 e. The van der Waals surface area contributed by atoms with Crippen LogP contribution in [0.25, 0.3) is 0 Å². The number of hydrogen-bond acceptors (Lipinski definition) is 6. The maximum Gasteiger partial charge on any atom is 0.266 e. The Hall–Kier alpha value is -1.96. The fourth-order valence-electron chi connectivity index (χ4n) is 3.16. The van der Waals surface area contributed by atoms with Crippen molar-refractivity contribution in [2.45, 2.75) is 52.6 Å². The van der Waals surface area contributed by atoms with Gasteiger partial charge >= 0.3 is 0 Å². The zero-order chi connectivity index (χ0) is 19.4. The first-order valence-electron chi connectivity index (χ1n) is 9.25. The molecule has 1 saturated heterocycles. The fourth-order valence-corrected chi connectivity index (χ4v) is 3.87. The molecule has 2 heterocycles. The van der Waals surface area contributed by atoms with Crippen molar-refractivity contribution in [1.82, 2.24) is 9.88 Å². The van der Waals surface area contributed by atoms with Crippen molar-refractivity contribution in [3.63, 3.8) is 0 Å². The van der Waals surface area contributed by atoms with Crippen LogP contribution in [0.5, 0.6) is 5.75 Å². The van der Waals surface area contributed by atoms with E-state index in [1.165, 1.54) is 11.3 Å². The molecule has 0 spiro atoms. The molecule has 3 rings (SSSR count). The normalized spacial score (nSPS) is 21.6. The van der Waals surface area contributed by atoms with E-state index < -0.39 is 6.10 Å². The Labute approximate surface area is 164 Å². The highest BCUT2D eigenvalue weighted by Crippen LogP contribution is 2.20. The number of thiazole rings is 1. The molecule has 27 heavy (non-hydrogen) atoms. The topological polar surface area (TPSA) is 63.7 Å². The Bertz CT molecular complexity index is 752. The number of rotatable bonds is 6. The first-order valence-corrected chi connectivity index (χ1v) is 10.1. The molecule has 0 bridgehead atoms. The molecule has 0 aliphatic carbocycles. The summed E-state index contributed by atoms with van der Waals surface area (Å²) in [7, 11) is 0. The first kappa shape index (κ1) is 19.8. The quantitative estimate of drug-likeness (QED) is 0.820. The van der Waals surface area contributed by atoms with E-state index in [0.717, 1.165) is 30.9 Å². The number of ether oxygens (including phenoxy) is 2. The number of benzene rings is 1. The van der Waals surface area contributed by atoms with E-state index in [4.69, 9.17) is 9.47 Å². The number of aromatic nitrogens is 1. The molecular formula is C20H27N3O3S. The molecule has 1 aliphatic heterocycles. The lowest BCUT2D eigenvalue weighted by molar-refractivity contribution is -0.122. The van der Waals surface area contributed by atoms with Crippen LogP contribution in [0.1, 0.15) is 32.0 Å². The van der Waals surface area contributed by atoms with Gasteiger partial charge in [-0.1, -0.05) is 17.7 Å². The van der Waals surface area contributed by atoms with E-state index in [1.54, 1.807) is 6.92 Å². The van der Waals surface area contributed by atoms with Crippen LogP contribution >= 0.6 is 11.3 Å². The molecule has 1 fully saturated rings. The van der Waals surface area contributed by atoms with Crippen LogP contribution in [0, 0.1) is 6.92 Å². The van der Waals surface area contributed by atoms with E-state index in [1.807, 2.05) is 36.6 Å². The maximum atomic E-state index is 12.4. The molecule has 2 aromatic rings. The van der Waals surface area contributed by atoms with Crippen LogP contribution < -0.4 is 10.1 Å². The van der Waals surface area contributed by atoms with Crippen LogP contribution in [0.4, 0.5) is 5.13 Å². The predicted molar refractivity (Wildman–Crippen MR) is 107 cm³/mol. The summed E-state index contributed by atoms with van der Waals surface area (Å²) < 4.78 is 11.5. The van der Waals surface area contributed by atoms with Crippen LogP contribution in [0.3, 0.4) is 0 Å². The second-order valence-corrected chi connectivity index (χ2v) is 8.02. The van der Waals surface area contributed by atoms with Crippen LogP contribution in [0.15, 0.2) is 29.6 Å². The number of carbonyl (C=O) groups is 1. The van der Waals surface area contributed by atoms with Gasteiger partial charge in [-0.05, 0) is 39.8 Å². The third kappa shape index (κ3) is 5.76. The molecule has 7 heteroatoms. The van der Waals surface area contributed by atoms with Gasteiger partial charge in [0.15, 0.2) is 11.2 Å². The zero-order valence-electron chi connectivity index (χ0n) is 16.3. The third-order valence-electron chi connectivity index (χ3n) is 4.37. The zero-order valence-corrected chi connectivity index (χ0v) is 17.1. The Morgan fingerprint density at radius 1 is 1.33 bits per heavy atom. The SMILES string of the molecule is Cc1ccc(OC(C)C(=O)Nc2nc(CN3CC(C)OC(C)C3)cs2)cc1. The molecule has 1 amide bonds. The minimum absolute atomic E-state index is 0.204. The maximum absolute atomic E-state index is 12.4. The molecular weight excluding hydrogens is 362 g/mol. The van der Waals surface area contributed by atoms with Crippen molar-refractivity contribution in [2.75, 3.05) is 18.4 Å². The summed E-state index contributed by atoms with van der Waals surface area (Å²) in [4.78, 5) is 19.3. The van der Waals surface area contributed by atoms with Gasteiger partial charge in [0.1, 0.15) is 5.75 Å². The number of aryl methyl sites for hydroxylation is 1. The van der Waals surface area contributed by atoms with Crippen molar-refractivity contribution in [1.29, 1.82) is 0 Å². The number of carbonyl (C=O) groups excluding carboxylic acids is 1. The minimum Gasteiger partial charge on any atom is -0.481 e. The third-order valence-corrected chi connectivity index (χ3v) is 5.17. The van der Waals surface area contributed by atoms with Crippen LogP contribution in [0.2, 0.25) is 0 Å². The van der Waals surface area contributed by atoms with Gasteiger partial charge in [-0.3, -0.25) is 15.0 Å². The summed E-state index contributed by atoms with van der Waals surface area (Å²) in [6.45, 7) is 10.5. The van der Waals surface area contributed by atoms with E-state index >= 15 is 0 Å². The second-order valence-electron chi connectivity index (χ2n) is 7.16. The largest absolute Gasteiger partial charge is 0.481 e. The Morgan fingerprint density at radius 2 is 2.00 bits per heavy atom. The summed E-state index contributed by atoms with van der Waals surface area (Å²) in [6, 6.07) is 7.65. The van der Waals surface area contributed by atoms with Gasteiger partial charge in [-0.25, -0.2) is 4.98 Å². The summed E-state index contributed by atoms with van der Waals surface area (Å²) >= 11 is 1.44. The van der Waals surface area contributed by atoms with Gasteiger partial charge in [0.25, 0.3) is 5.91 Å². The van der Waals surface area contributed by atoms with E-state index in [-0.39, 0.29) is 18.1 Å². The molecule has 3 atom stereocenters. The molecule has 1 aliphatic rings. The summed E-state index contributed by atoms with van der Waals surface area (Å²) in [6.07, 6.45) is -0.140. The van der Waals surface area contributed by atoms with Crippen molar-refractivity contribution >= 4 is 22.4 Å². The van der Waals surface area contributed by atoms with Gasteiger partial charge in [0, 0.05) is 25.0 Å². The van der Waals surface area contributed by atoms with E-state index in [0.29, 0.717) is 10.9 Å². The second kappa shape index (κ2) is 8.82. The Kier molecular flexibility index (Phi) is 6.46. The average molecular weight is 390 g/mol. The van der Waals surface area contributed by atoms with Crippen molar-refractivity contribution < 1.29 is 14.3 Å². The highest BCUT2D eigenvalue weighted by Gasteiger charge is 2.23. The number of hydrogen-bond donors (Lipinski definition) is 1. The highest BCUT2D eigenvalue weighted by molar-refractivity contribution is 7.13. The van der Waals surface area contributed by atoms with Crippen LogP contribution in [-0.4, -0.2) is 47.2 Å². The minimum atomic E-state index is -0.596. The lowest BCUT2D eigenvalue weighted by Gasteiger charge is -2.34.